The lowest BCUT2D eigenvalue weighted by atomic mass is 9.87. The standard InChI is InChI=1S/C15H26N4O/c1-11-4-6-13(7-5-11)18-15(20)14-10-17-19(12(14)2)9-3-8-16/h10-11,13H,3-9,16H2,1-2H3,(H,18,20). The molecule has 0 bridgehead atoms. The fourth-order valence-electron chi connectivity index (χ4n) is 2.80. The molecule has 1 aromatic rings. The van der Waals surface area contributed by atoms with E-state index in [-0.39, 0.29) is 5.91 Å². The SMILES string of the molecule is Cc1c(C(=O)NC2CCC(C)CC2)cnn1CCCN. The number of rotatable bonds is 5. The number of aromatic nitrogens is 2. The first-order valence-corrected chi connectivity index (χ1v) is 7.65. The van der Waals surface area contributed by atoms with Crippen LogP contribution in [0.3, 0.4) is 0 Å². The third-order valence-corrected chi connectivity index (χ3v) is 4.27. The molecule has 1 aliphatic rings. The van der Waals surface area contributed by atoms with Crippen molar-refractivity contribution in [1.29, 1.82) is 0 Å². The summed E-state index contributed by atoms with van der Waals surface area (Å²) >= 11 is 0. The molecular formula is C15H26N4O. The maximum Gasteiger partial charge on any atom is 0.254 e. The Morgan fingerprint density at radius 1 is 1.45 bits per heavy atom. The Hall–Kier alpha value is -1.36. The Morgan fingerprint density at radius 2 is 2.15 bits per heavy atom. The van der Waals surface area contributed by atoms with Crippen molar-refractivity contribution in [2.24, 2.45) is 11.7 Å². The molecule has 1 heterocycles. The highest BCUT2D eigenvalue weighted by atomic mass is 16.1. The summed E-state index contributed by atoms with van der Waals surface area (Å²) in [6.07, 6.45) is 7.15. The largest absolute Gasteiger partial charge is 0.349 e. The molecule has 1 aromatic heterocycles. The molecule has 0 atom stereocenters. The minimum atomic E-state index is 0.0149. The Kier molecular flexibility index (Phi) is 5.17. The molecule has 0 saturated heterocycles. The second-order valence-electron chi connectivity index (χ2n) is 5.94. The zero-order valence-corrected chi connectivity index (χ0v) is 12.6. The number of aryl methyl sites for hydroxylation is 1. The van der Waals surface area contributed by atoms with Gasteiger partial charge in [0.05, 0.1) is 11.8 Å². The second kappa shape index (κ2) is 6.88. The third-order valence-electron chi connectivity index (χ3n) is 4.27. The van der Waals surface area contributed by atoms with Crippen LogP contribution >= 0.6 is 0 Å². The van der Waals surface area contributed by atoms with Gasteiger partial charge in [0.2, 0.25) is 0 Å². The average molecular weight is 278 g/mol. The van der Waals surface area contributed by atoms with Crippen LogP contribution in [-0.2, 0) is 6.54 Å². The van der Waals surface area contributed by atoms with Gasteiger partial charge in [-0.05, 0) is 51.5 Å². The molecule has 1 aliphatic carbocycles. The van der Waals surface area contributed by atoms with E-state index in [1.54, 1.807) is 6.20 Å². The van der Waals surface area contributed by atoms with Crippen LogP contribution in [0, 0.1) is 12.8 Å². The first-order valence-electron chi connectivity index (χ1n) is 7.65. The van der Waals surface area contributed by atoms with Crippen molar-refractivity contribution >= 4 is 5.91 Å². The van der Waals surface area contributed by atoms with Gasteiger partial charge in [0.1, 0.15) is 0 Å². The van der Waals surface area contributed by atoms with Crippen molar-refractivity contribution in [3.05, 3.63) is 17.5 Å². The van der Waals surface area contributed by atoms with E-state index in [0.29, 0.717) is 18.2 Å². The Balaban J connectivity index is 1.93. The molecule has 1 fully saturated rings. The smallest absolute Gasteiger partial charge is 0.254 e. The van der Waals surface area contributed by atoms with E-state index in [0.717, 1.165) is 37.4 Å². The van der Waals surface area contributed by atoms with Gasteiger partial charge in [-0.25, -0.2) is 0 Å². The zero-order chi connectivity index (χ0) is 14.5. The molecule has 112 valence electrons. The van der Waals surface area contributed by atoms with E-state index < -0.39 is 0 Å². The lowest BCUT2D eigenvalue weighted by molar-refractivity contribution is 0.0922. The van der Waals surface area contributed by atoms with Crippen LogP contribution in [0.25, 0.3) is 0 Å². The molecule has 0 aromatic carbocycles. The molecule has 20 heavy (non-hydrogen) atoms. The maximum absolute atomic E-state index is 12.3. The lowest BCUT2D eigenvalue weighted by Crippen LogP contribution is -2.37. The summed E-state index contributed by atoms with van der Waals surface area (Å²) < 4.78 is 1.87. The molecule has 1 saturated carbocycles. The molecule has 5 heteroatoms. The molecule has 1 amide bonds. The number of nitrogens with one attached hydrogen (secondary N) is 1. The number of hydrogen-bond donors (Lipinski definition) is 2. The van der Waals surface area contributed by atoms with Crippen LogP contribution in [0.5, 0.6) is 0 Å². The number of carbonyl (C=O) groups excluding carboxylic acids is 1. The summed E-state index contributed by atoms with van der Waals surface area (Å²) in [7, 11) is 0. The average Bonchev–Trinajstić information content (AvgIpc) is 2.80. The van der Waals surface area contributed by atoms with Crippen LogP contribution in [0.1, 0.15) is 55.1 Å². The Morgan fingerprint density at radius 3 is 2.80 bits per heavy atom. The maximum atomic E-state index is 12.3. The van der Waals surface area contributed by atoms with Crippen LogP contribution in [0.15, 0.2) is 6.20 Å². The first-order chi connectivity index (χ1) is 9.61. The predicted octanol–water partition coefficient (Wildman–Crippen LogP) is 1.85. The Bertz CT molecular complexity index is 447. The number of nitrogens with zero attached hydrogens (tertiary/aromatic N) is 2. The highest BCUT2D eigenvalue weighted by Gasteiger charge is 2.22. The lowest BCUT2D eigenvalue weighted by Gasteiger charge is -2.26. The Labute approximate surface area is 120 Å². The van der Waals surface area contributed by atoms with Gasteiger partial charge < -0.3 is 11.1 Å². The van der Waals surface area contributed by atoms with Gasteiger partial charge in [0.25, 0.3) is 5.91 Å². The highest BCUT2D eigenvalue weighted by Crippen LogP contribution is 2.23. The van der Waals surface area contributed by atoms with Crippen LogP contribution < -0.4 is 11.1 Å². The van der Waals surface area contributed by atoms with E-state index in [1.807, 2.05) is 11.6 Å². The van der Waals surface area contributed by atoms with E-state index in [4.69, 9.17) is 5.73 Å². The fourth-order valence-corrected chi connectivity index (χ4v) is 2.80. The number of hydrogen-bond acceptors (Lipinski definition) is 3. The van der Waals surface area contributed by atoms with Crippen molar-refractivity contribution in [3.8, 4) is 0 Å². The topological polar surface area (TPSA) is 72.9 Å². The van der Waals surface area contributed by atoms with Crippen LogP contribution in [-0.4, -0.2) is 28.3 Å². The van der Waals surface area contributed by atoms with Gasteiger partial charge in [-0.3, -0.25) is 9.48 Å². The fraction of sp³-hybridized carbons (Fsp3) is 0.733. The van der Waals surface area contributed by atoms with Crippen molar-refractivity contribution in [2.45, 2.75) is 58.5 Å². The van der Waals surface area contributed by atoms with Crippen LogP contribution in [0.4, 0.5) is 0 Å². The second-order valence-corrected chi connectivity index (χ2v) is 5.94. The number of nitrogens with two attached hydrogens (primary N) is 1. The zero-order valence-electron chi connectivity index (χ0n) is 12.6. The number of amides is 1. The van der Waals surface area contributed by atoms with E-state index >= 15 is 0 Å². The molecule has 3 N–H and O–H groups in total. The molecule has 2 rings (SSSR count). The molecule has 0 spiro atoms. The number of carbonyl (C=O) groups is 1. The van der Waals surface area contributed by atoms with Crippen molar-refractivity contribution in [1.82, 2.24) is 15.1 Å². The molecular weight excluding hydrogens is 252 g/mol. The van der Waals surface area contributed by atoms with Crippen molar-refractivity contribution in [2.75, 3.05) is 6.54 Å². The van der Waals surface area contributed by atoms with Gasteiger partial charge in [-0.2, -0.15) is 5.10 Å². The highest BCUT2D eigenvalue weighted by molar-refractivity contribution is 5.95. The molecule has 0 unspecified atom stereocenters. The van der Waals surface area contributed by atoms with Crippen LogP contribution in [0.2, 0.25) is 0 Å². The van der Waals surface area contributed by atoms with Gasteiger partial charge >= 0.3 is 0 Å². The minimum Gasteiger partial charge on any atom is -0.349 e. The van der Waals surface area contributed by atoms with E-state index in [9.17, 15) is 4.79 Å². The summed E-state index contributed by atoms with van der Waals surface area (Å²) in [5, 5.41) is 7.43. The van der Waals surface area contributed by atoms with Gasteiger partial charge in [0.15, 0.2) is 0 Å². The monoisotopic (exact) mass is 278 g/mol. The summed E-state index contributed by atoms with van der Waals surface area (Å²) in [5.41, 5.74) is 7.13. The van der Waals surface area contributed by atoms with Gasteiger partial charge in [-0.1, -0.05) is 6.92 Å². The molecule has 0 radical (unpaired) electrons. The predicted molar refractivity (Wildman–Crippen MR) is 79.5 cm³/mol. The molecule has 0 aliphatic heterocycles. The quantitative estimate of drug-likeness (QED) is 0.863. The summed E-state index contributed by atoms with van der Waals surface area (Å²) in [5.74, 6) is 0.810. The summed E-state index contributed by atoms with van der Waals surface area (Å²) in [6.45, 7) is 5.64. The van der Waals surface area contributed by atoms with Gasteiger partial charge in [-0.15, -0.1) is 0 Å². The van der Waals surface area contributed by atoms with Crippen molar-refractivity contribution in [3.63, 3.8) is 0 Å². The molecule has 5 nitrogen and oxygen atoms in total. The minimum absolute atomic E-state index is 0.0149. The summed E-state index contributed by atoms with van der Waals surface area (Å²) in [4.78, 5) is 12.3. The first kappa shape index (κ1) is 15.0. The third kappa shape index (κ3) is 3.60. The van der Waals surface area contributed by atoms with E-state index in [2.05, 4.69) is 17.3 Å². The van der Waals surface area contributed by atoms with Gasteiger partial charge in [0, 0.05) is 18.3 Å². The summed E-state index contributed by atoms with van der Waals surface area (Å²) in [6, 6.07) is 0.325. The normalized spacial score (nSPS) is 22.8. The van der Waals surface area contributed by atoms with E-state index in [1.165, 1.54) is 12.8 Å². The van der Waals surface area contributed by atoms with Crippen molar-refractivity contribution < 1.29 is 4.79 Å².